The molecule has 0 aliphatic heterocycles. The molecule has 2 aromatic carbocycles. The molecule has 2 heterocycles. The van der Waals surface area contributed by atoms with Crippen molar-refractivity contribution in [2.75, 3.05) is 26.1 Å². The van der Waals surface area contributed by atoms with Crippen LogP contribution in [0.5, 0.6) is 11.5 Å². The van der Waals surface area contributed by atoms with Crippen LogP contribution in [0.1, 0.15) is 44.0 Å². The molecule has 0 bridgehead atoms. The van der Waals surface area contributed by atoms with Gasteiger partial charge in [0.05, 0.1) is 19.6 Å². The van der Waals surface area contributed by atoms with Gasteiger partial charge in [0.2, 0.25) is 5.95 Å². The molecule has 0 aliphatic carbocycles. The lowest BCUT2D eigenvalue weighted by atomic mass is 9.93. The summed E-state index contributed by atoms with van der Waals surface area (Å²) in [6.07, 6.45) is 1.81. The van der Waals surface area contributed by atoms with Crippen molar-refractivity contribution < 1.29 is 18.3 Å². The minimum absolute atomic E-state index is 0.00766. The van der Waals surface area contributed by atoms with E-state index in [1.54, 1.807) is 20.3 Å². The Labute approximate surface area is 202 Å². The molecule has 4 rings (SSSR count). The van der Waals surface area contributed by atoms with E-state index in [-0.39, 0.29) is 22.8 Å². The highest BCUT2D eigenvalue weighted by atomic mass is 19.1. The number of fused-ring (bicyclic) bond motifs is 3. The third-order valence-electron chi connectivity index (χ3n) is 6.28. The minimum Gasteiger partial charge on any atom is -0.497 e. The van der Waals surface area contributed by atoms with Crippen LogP contribution in [0.25, 0.3) is 16.6 Å². The highest BCUT2D eigenvalue weighted by Gasteiger charge is 2.22. The summed E-state index contributed by atoms with van der Waals surface area (Å²) >= 11 is 0. The van der Waals surface area contributed by atoms with Crippen LogP contribution in [-0.4, -0.2) is 40.3 Å². The molecule has 2 atom stereocenters. The predicted molar refractivity (Wildman–Crippen MR) is 131 cm³/mol. The molecule has 8 nitrogen and oxygen atoms in total. The maximum absolute atomic E-state index is 14.7. The zero-order valence-electron chi connectivity index (χ0n) is 20.3. The molecule has 4 aromatic rings. The standard InChI is InChI=1S/C25H30F2N6O2/c1-5-14(2)8-16(12-28)23-31-24-19-9-17(26)10-20(27)22(19)30-25(33(24)32-23)29-13-15-6-7-18(34-3)11-21(15)35-4/h6-7,9-11,14,16H,5,8,12-13,28H2,1-4H3,(H,29,30). The van der Waals surface area contributed by atoms with Crippen LogP contribution in [0, 0.1) is 17.6 Å². The lowest BCUT2D eigenvalue weighted by Crippen LogP contribution is -2.17. The van der Waals surface area contributed by atoms with E-state index < -0.39 is 11.6 Å². The van der Waals surface area contributed by atoms with Gasteiger partial charge in [0, 0.05) is 36.7 Å². The number of hydrogen-bond acceptors (Lipinski definition) is 7. The molecule has 0 aliphatic rings. The van der Waals surface area contributed by atoms with Crippen molar-refractivity contribution in [2.24, 2.45) is 11.7 Å². The fraction of sp³-hybridized carbons (Fsp3) is 0.400. The van der Waals surface area contributed by atoms with Crippen LogP contribution in [0.4, 0.5) is 14.7 Å². The number of nitrogens with one attached hydrogen (secondary N) is 1. The van der Waals surface area contributed by atoms with Gasteiger partial charge in [0.15, 0.2) is 17.3 Å². The van der Waals surface area contributed by atoms with Crippen LogP contribution in [0.3, 0.4) is 0 Å². The Bertz CT molecular complexity index is 1340. The number of rotatable bonds is 10. The van der Waals surface area contributed by atoms with E-state index in [0.29, 0.717) is 42.0 Å². The first-order valence-corrected chi connectivity index (χ1v) is 11.6. The largest absolute Gasteiger partial charge is 0.497 e. The fourth-order valence-corrected chi connectivity index (χ4v) is 4.07. The van der Waals surface area contributed by atoms with E-state index in [4.69, 9.17) is 15.2 Å². The Hall–Kier alpha value is -3.53. The number of nitrogens with two attached hydrogens (primary N) is 1. The zero-order chi connectivity index (χ0) is 25.1. The number of halogens is 2. The van der Waals surface area contributed by atoms with E-state index in [0.717, 1.165) is 24.5 Å². The Morgan fingerprint density at radius 1 is 1.11 bits per heavy atom. The van der Waals surface area contributed by atoms with Crippen molar-refractivity contribution in [1.29, 1.82) is 0 Å². The molecule has 186 valence electrons. The highest BCUT2D eigenvalue weighted by Crippen LogP contribution is 2.29. The molecular formula is C25H30F2N6O2. The van der Waals surface area contributed by atoms with E-state index in [2.05, 4.69) is 34.2 Å². The molecule has 0 radical (unpaired) electrons. The van der Waals surface area contributed by atoms with E-state index in [1.165, 1.54) is 10.6 Å². The smallest absolute Gasteiger partial charge is 0.226 e. The highest BCUT2D eigenvalue weighted by molar-refractivity contribution is 5.92. The molecule has 10 heteroatoms. The number of methoxy groups -OCH3 is 2. The first kappa shape index (κ1) is 24.6. The van der Waals surface area contributed by atoms with Crippen LogP contribution in [0.15, 0.2) is 30.3 Å². The monoisotopic (exact) mass is 484 g/mol. The van der Waals surface area contributed by atoms with Crippen LogP contribution < -0.4 is 20.5 Å². The summed E-state index contributed by atoms with van der Waals surface area (Å²) in [4.78, 5) is 9.11. The number of nitrogens with zero attached hydrogens (tertiary/aromatic N) is 4. The maximum Gasteiger partial charge on any atom is 0.226 e. The Morgan fingerprint density at radius 3 is 2.60 bits per heavy atom. The normalized spacial score (nSPS) is 13.2. The number of benzene rings is 2. The average Bonchev–Trinajstić information content (AvgIpc) is 3.31. The van der Waals surface area contributed by atoms with Crippen molar-refractivity contribution in [2.45, 2.75) is 39.2 Å². The lowest BCUT2D eigenvalue weighted by molar-refractivity contribution is 0.391. The Kier molecular flexibility index (Phi) is 7.30. The van der Waals surface area contributed by atoms with Gasteiger partial charge in [0.25, 0.3) is 0 Å². The number of aromatic nitrogens is 4. The topological polar surface area (TPSA) is 99.6 Å². The van der Waals surface area contributed by atoms with Gasteiger partial charge in [-0.3, -0.25) is 0 Å². The first-order valence-electron chi connectivity index (χ1n) is 11.6. The summed E-state index contributed by atoms with van der Waals surface area (Å²) in [5.74, 6) is 0.946. The molecule has 0 spiro atoms. The molecule has 0 saturated heterocycles. The predicted octanol–water partition coefficient (Wildman–Crippen LogP) is 4.66. The third-order valence-corrected chi connectivity index (χ3v) is 6.28. The SMILES string of the molecule is CCC(C)CC(CN)c1nc2c3cc(F)cc(F)c3nc(NCc3ccc(OC)cc3OC)n2n1. The van der Waals surface area contributed by atoms with E-state index in [1.807, 2.05) is 12.1 Å². The zero-order valence-corrected chi connectivity index (χ0v) is 20.3. The molecule has 2 unspecified atom stereocenters. The second-order valence-electron chi connectivity index (χ2n) is 8.64. The number of hydrogen-bond donors (Lipinski definition) is 2. The molecule has 0 amide bonds. The van der Waals surface area contributed by atoms with Crippen molar-refractivity contribution >= 4 is 22.5 Å². The van der Waals surface area contributed by atoms with Gasteiger partial charge < -0.3 is 20.5 Å². The molecule has 0 saturated carbocycles. The van der Waals surface area contributed by atoms with Gasteiger partial charge in [-0.25, -0.2) is 18.7 Å². The Morgan fingerprint density at radius 2 is 1.91 bits per heavy atom. The molecule has 35 heavy (non-hydrogen) atoms. The average molecular weight is 485 g/mol. The quantitative estimate of drug-likeness (QED) is 0.338. The second kappa shape index (κ2) is 10.4. The van der Waals surface area contributed by atoms with Crippen molar-refractivity contribution in [1.82, 2.24) is 19.6 Å². The molecule has 2 aromatic heterocycles. The summed E-state index contributed by atoms with van der Waals surface area (Å²) in [6.45, 7) is 4.94. The van der Waals surface area contributed by atoms with E-state index in [9.17, 15) is 8.78 Å². The fourth-order valence-electron chi connectivity index (χ4n) is 4.07. The lowest BCUT2D eigenvalue weighted by Gasteiger charge is -2.15. The summed E-state index contributed by atoms with van der Waals surface area (Å²) in [6, 6.07) is 7.49. The summed E-state index contributed by atoms with van der Waals surface area (Å²) < 4.78 is 41.1. The molecular weight excluding hydrogens is 454 g/mol. The van der Waals surface area contributed by atoms with Gasteiger partial charge in [0.1, 0.15) is 22.8 Å². The molecule has 0 fully saturated rings. The summed E-state index contributed by atoms with van der Waals surface area (Å²) in [5.41, 5.74) is 7.21. The van der Waals surface area contributed by atoms with Crippen molar-refractivity contribution in [3.05, 3.63) is 53.4 Å². The van der Waals surface area contributed by atoms with Gasteiger partial charge >= 0.3 is 0 Å². The number of ether oxygens (including phenoxy) is 2. The Balaban J connectivity index is 1.80. The van der Waals surface area contributed by atoms with Crippen molar-refractivity contribution in [3.63, 3.8) is 0 Å². The molecule has 3 N–H and O–H groups in total. The van der Waals surface area contributed by atoms with Gasteiger partial charge in [-0.15, -0.1) is 5.10 Å². The second-order valence-corrected chi connectivity index (χ2v) is 8.64. The summed E-state index contributed by atoms with van der Waals surface area (Å²) in [7, 11) is 3.15. The first-order chi connectivity index (χ1) is 16.9. The van der Waals surface area contributed by atoms with Crippen LogP contribution in [0.2, 0.25) is 0 Å². The third kappa shape index (κ3) is 4.97. The van der Waals surface area contributed by atoms with Crippen molar-refractivity contribution in [3.8, 4) is 11.5 Å². The van der Waals surface area contributed by atoms with Gasteiger partial charge in [-0.1, -0.05) is 20.3 Å². The number of anilines is 1. The maximum atomic E-state index is 14.7. The van der Waals surface area contributed by atoms with Crippen LogP contribution >= 0.6 is 0 Å². The summed E-state index contributed by atoms with van der Waals surface area (Å²) in [5, 5.41) is 8.12. The van der Waals surface area contributed by atoms with Crippen LogP contribution in [-0.2, 0) is 6.54 Å². The van der Waals surface area contributed by atoms with Gasteiger partial charge in [-0.05, 0) is 30.5 Å². The van der Waals surface area contributed by atoms with Gasteiger partial charge in [-0.2, -0.15) is 4.52 Å². The minimum atomic E-state index is -0.771. The van der Waals surface area contributed by atoms with E-state index >= 15 is 0 Å².